The van der Waals surface area contributed by atoms with Gasteiger partial charge < -0.3 is 10.2 Å². The molecule has 0 aromatic rings. The molecule has 0 aliphatic carbocycles. The fraction of sp³-hybridized carbons (Fsp3) is 0.917. The van der Waals surface area contributed by atoms with Crippen LogP contribution in [0.2, 0.25) is 0 Å². The zero-order chi connectivity index (χ0) is 12.5. The Labute approximate surface area is 109 Å². The number of rotatable bonds is 7. The van der Waals surface area contributed by atoms with Crippen LogP contribution in [0.1, 0.15) is 13.3 Å². The van der Waals surface area contributed by atoms with Gasteiger partial charge in [0.1, 0.15) is 0 Å². The molecule has 0 spiro atoms. The van der Waals surface area contributed by atoms with E-state index in [0.717, 1.165) is 26.1 Å². The van der Waals surface area contributed by atoms with Gasteiger partial charge in [-0.2, -0.15) is 11.8 Å². The topological polar surface area (TPSA) is 35.6 Å². The number of hydrogen-bond acceptors (Lipinski definition) is 4. The molecule has 1 fully saturated rings. The van der Waals surface area contributed by atoms with E-state index in [1.807, 2.05) is 11.8 Å². The average molecular weight is 259 g/mol. The molecule has 100 valence electrons. The maximum Gasteiger partial charge on any atom is 0.233 e. The smallest absolute Gasteiger partial charge is 0.233 e. The van der Waals surface area contributed by atoms with Crippen molar-refractivity contribution in [2.75, 3.05) is 57.8 Å². The van der Waals surface area contributed by atoms with Crippen molar-refractivity contribution in [3.63, 3.8) is 0 Å². The van der Waals surface area contributed by atoms with Crippen molar-refractivity contribution < 1.29 is 4.79 Å². The summed E-state index contributed by atoms with van der Waals surface area (Å²) in [6.45, 7) is 8.20. The predicted octanol–water partition coefficient (Wildman–Crippen LogP) is 0.493. The minimum absolute atomic E-state index is 0.118. The number of thioether (sulfide) groups is 1. The van der Waals surface area contributed by atoms with E-state index in [1.54, 1.807) is 7.05 Å². The van der Waals surface area contributed by atoms with Crippen molar-refractivity contribution in [1.29, 1.82) is 0 Å². The molecule has 0 unspecified atom stereocenters. The molecule has 1 N–H and O–H groups in total. The maximum absolute atomic E-state index is 11.4. The van der Waals surface area contributed by atoms with Gasteiger partial charge in [0.2, 0.25) is 5.91 Å². The lowest BCUT2D eigenvalue weighted by Gasteiger charge is -2.29. The fourth-order valence-corrected chi connectivity index (χ4v) is 2.95. The first-order valence-electron chi connectivity index (χ1n) is 6.49. The van der Waals surface area contributed by atoms with Gasteiger partial charge in [-0.1, -0.05) is 6.92 Å². The third-order valence-electron chi connectivity index (χ3n) is 3.02. The molecule has 5 heteroatoms. The van der Waals surface area contributed by atoms with Gasteiger partial charge in [-0.15, -0.1) is 0 Å². The molecule has 0 radical (unpaired) electrons. The molecule has 0 aromatic heterocycles. The highest BCUT2D eigenvalue weighted by Crippen LogP contribution is 2.08. The van der Waals surface area contributed by atoms with E-state index < -0.39 is 0 Å². The minimum Gasteiger partial charge on any atom is -0.358 e. The Bertz CT molecular complexity index is 220. The Hall–Kier alpha value is -0.260. The first kappa shape index (κ1) is 14.8. The Morgan fingerprint density at radius 2 is 2.06 bits per heavy atom. The molecule has 17 heavy (non-hydrogen) atoms. The zero-order valence-corrected chi connectivity index (χ0v) is 11.9. The van der Waals surface area contributed by atoms with E-state index in [9.17, 15) is 4.79 Å². The number of likely N-dealkylation sites (N-methyl/N-ethyl adjacent to an activating group) is 1. The summed E-state index contributed by atoms with van der Waals surface area (Å²) in [6.07, 6.45) is 1.10. The highest BCUT2D eigenvalue weighted by Gasteiger charge is 2.13. The summed E-state index contributed by atoms with van der Waals surface area (Å²) < 4.78 is 0. The van der Waals surface area contributed by atoms with Gasteiger partial charge >= 0.3 is 0 Å². The SMILES string of the molecule is CCCN(CCN1CCSCC1)CC(=O)NC. The predicted molar refractivity (Wildman–Crippen MR) is 74.6 cm³/mol. The summed E-state index contributed by atoms with van der Waals surface area (Å²) in [5.41, 5.74) is 0. The molecule has 4 nitrogen and oxygen atoms in total. The molecule has 1 heterocycles. The first-order valence-corrected chi connectivity index (χ1v) is 7.64. The summed E-state index contributed by atoms with van der Waals surface area (Å²) in [5.74, 6) is 2.62. The molecule has 0 atom stereocenters. The Morgan fingerprint density at radius 3 is 2.65 bits per heavy atom. The second-order valence-electron chi connectivity index (χ2n) is 4.40. The summed E-state index contributed by atoms with van der Waals surface area (Å²) in [6, 6.07) is 0. The molecular formula is C12H25N3OS. The molecular weight excluding hydrogens is 234 g/mol. The number of carbonyl (C=O) groups excluding carboxylic acids is 1. The molecule has 1 amide bonds. The van der Waals surface area contributed by atoms with Crippen LogP contribution in [-0.4, -0.2) is 73.5 Å². The lowest BCUT2D eigenvalue weighted by atomic mass is 10.3. The molecule has 0 bridgehead atoms. The lowest BCUT2D eigenvalue weighted by molar-refractivity contribution is -0.121. The van der Waals surface area contributed by atoms with E-state index in [-0.39, 0.29) is 5.91 Å². The zero-order valence-electron chi connectivity index (χ0n) is 11.1. The second kappa shape index (κ2) is 8.78. The van der Waals surface area contributed by atoms with Crippen molar-refractivity contribution in [2.45, 2.75) is 13.3 Å². The van der Waals surface area contributed by atoms with Gasteiger partial charge in [0.25, 0.3) is 0 Å². The van der Waals surface area contributed by atoms with Crippen LogP contribution in [0.25, 0.3) is 0 Å². The van der Waals surface area contributed by atoms with Gasteiger partial charge in [-0.3, -0.25) is 9.69 Å². The van der Waals surface area contributed by atoms with E-state index in [4.69, 9.17) is 0 Å². The first-order chi connectivity index (χ1) is 8.26. The molecule has 1 rings (SSSR count). The summed E-state index contributed by atoms with van der Waals surface area (Å²) in [5, 5.41) is 2.69. The highest BCUT2D eigenvalue weighted by molar-refractivity contribution is 7.99. The monoisotopic (exact) mass is 259 g/mol. The van der Waals surface area contributed by atoms with Crippen LogP contribution < -0.4 is 5.32 Å². The molecule has 0 aromatic carbocycles. The Kier molecular flexibility index (Phi) is 7.64. The quantitative estimate of drug-likeness (QED) is 0.722. The number of carbonyl (C=O) groups is 1. The fourth-order valence-electron chi connectivity index (χ4n) is 1.98. The lowest BCUT2D eigenvalue weighted by Crippen LogP contribution is -2.42. The number of nitrogens with one attached hydrogen (secondary N) is 1. The van der Waals surface area contributed by atoms with Gasteiger partial charge in [0, 0.05) is 44.7 Å². The summed E-state index contributed by atoms with van der Waals surface area (Å²) >= 11 is 2.04. The van der Waals surface area contributed by atoms with Crippen LogP contribution in [0.15, 0.2) is 0 Å². The number of nitrogens with zero attached hydrogens (tertiary/aromatic N) is 2. The van der Waals surface area contributed by atoms with Gasteiger partial charge in [-0.05, 0) is 13.0 Å². The highest BCUT2D eigenvalue weighted by atomic mass is 32.2. The van der Waals surface area contributed by atoms with Crippen LogP contribution in [0.4, 0.5) is 0 Å². The number of hydrogen-bond donors (Lipinski definition) is 1. The van der Waals surface area contributed by atoms with Gasteiger partial charge in [0.05, 0.1) is 6.54 Å². The molecule has 1 aliphatic rings. The van der Waals surface area contributed by atoms with E-state index in [1.165, 1.54) is 24.6 Å². The molecule has 1 aliphatic heterocycles. The summed E-state index contributed by atoms with van der Waals surface area (Å²) in [7, 11) is 1.70. The van der Waals surface area contributed by atoms with Crippen molar-refractivity contribution in [1.82, 2.24) is 15.1 Å². The van der Waals surface area contributed by atoms with E-state index in [0.29, 0.717) is 6.54 Å². The third kappa shape index (κ3) is 6.29. The van der Waals surface area contributed by atoms with Crippen LogP contribution in [-0.2, 0) is 4.79 Å². The van der Waals surface area contributed by atoms with Crippen LogP contribution in [0.5, 0.6) is 0 Å². The van der Waals surface area contributed by atoms with Gasteiger partial charge in [-0.25, -0.2) is 0 Å². The molecule has 1 saturated heterocycles. The van der Waals surface area contributed by atoms with Crippen molar-refractivity contribution in [3.8, 4) is 0 Å². The normalized spacial score (nSPS) is 17.4. The third-order valence-corrected chi connectivity index (χ3v) is 3.96. The van der Waals surface area contributed by atoms with Crippen molar-refractivity contribution in [2.24, 2.45) is 0 Å². The standard InChI is InChI=1S/C12H25N3OS/c1-3-4-15(11-12(16)13-2)6-5-14-7-9-17-10-8-14/h3-11H2,1-2H3,(H,13,16). The maximum atomic E-state index is 11.4. The number of amides is 1. The van der Waals surface area contributed by atoms with Gasteiger partial charge in [0.15, 0.2) is 0 Å². The van der Waals surface area contributed by atoms with Crippen LogP contribution in [0.3, 0.4) is 0 Å². The second-order valence-corrected chi connectivity index (χ2v) is 5.63. The minimum atomic E-state index is 0.118. The van der Waals surface area contributed by atoms with Crippen molar-refractivity contribution in [3.05, 3.63) is 0 Å². The average Bonchev–Trinajstić information content (AvgIpc) is 2.37. The van der Waals surface area contributed by atoms with Crippen LogP contribution in [0, 0.1) is 0 Å². The Balaban J connectivity index is 2.24. The van der Waals surface area contributed by atoms with E-state index >= 15 is 0 Å². The Morgan fingerprint density at radius 1 is 1.35 bits per heavy atom. The van der Waals surface area contributed by atoms with E-state index in [2.05, 4.69) is 22.0 Å². The summed E-state index contributed by atoms with van der Waals surface area (Å²) in [4.78, 5) is 16.1. The van der Waals surface area contributed by atoms with Crippen molar-refractivity contribution >= 4 is 17.7 Å². The molecule has 0 saturated carbocycles. The van der Waals surface area contributed by atoms with Crippen LogP contribution >= 0.6 is 11.8 Å². The largest absolute Gasteiger partial charge is 0.358 e.